The van der Waals surface area contributed by atoms with Crippen LogP contribution in [0.2, 0.25) is 0 Å². The van der Waals surface area contributed by atoms with Crippen LogP contribution in [0.5, 0.6) is 0 Å². The number of aliphatic hydroxyl groups excluding tert-OH is 1. The van der Waals surface area contributed by atoms with Gasteiger partial charge in [0, 0.05) is 23.2 Å². The lowest BCUT2D eigenvalue weighted by Gasteiger charge is -2.13. The van der Waals surface area contributed by atoms with Gasteiger partial charge in [0.05, 0.1) is 6.61 Å². The van der Waals surface area contributed by atoms with Crippen molar-refractivity contribution in [2.24, 2.45) is 0 Å². The quantitative estimate of drug-likeness (QED) is 0.669. The van der Waals surface area contributed by atoms with Crippen LogP contribution in [0.3, 0.4) is 0 Å². The molecule has 13 heavy (non-hydrogen) atoms. The lowest BCUT2D eigenvalue weighted by Crippen LogP contribution is -2.31. The third-order valence-electron chi connectivity index (χ3n) is 2.04. The molecule has 0 aliphatic rings. The van der Waals surface area contributed by atoms with Crippen molar-refractivity contribution in [2.75, 3.05) is 12.3 Å². The van der Waals surface area contributed by atoms with Gasteiger partial charge in [0.2, 0.25) is 0 Å². The number of thiophene rings is 1. The van der Waals surface area contributed by atoms with E-state index >= 15 is 0 Å². The van der Waals surface area contributed by atoms with E-state index < -0.39 is 0 Å². The standard InChI is InChI=1S/C9H16N2OS/c1-2-7(6-12)11-5-9-8(10)3-4-13-9/h3-4,7,11-12H,2,5-6,10H2,1H3. The molecule has 1 atom stereocenters. The highest BCUT2D eigenvalue weighted by molar-refractivity contribution is 7.10. The Morgan fingerprint density at radius 2 is 2.46 bits per heavy atom. The monoisotopic (exact) mass is 200 g/mol. The molecule has 3 nitrogen and oxygen atoms in total. The fourth-order valence-electron chi connectivity index (χ4n) is 1.07. The predicted molar refractivity (Wildman–Crippen MR) is 56.7 cm³/mol. The van der Waals surface area contributed by atoms with Crippen LogP contribution in [0.15, 0.2) is 11.4 Å². The Morgan fingerprint density at radius 1 is 1.69 bits per heavy atom. The van der Waals surface area contributed by atoms with Gasteiger partial charge in [-0.3, -0.25) is 0 Å². The van der Waals surface area contributed by atoms with Crippen molar-refractivity contribution in [1.29, 1.82) is 0 Å². The maximum absolute atomic E-state index is 8.93. The zero-order valence-corrected chi connectivity index (χ0v) is 8.60. The molecule has 1 aromatic rings. The number of hydrogen-bond acceptors (Lipinski definition) is 4. The van der Waals surface area contributed by atoms with Crippen LogP contribution < -0.4 is 11.1 Å². The molecule has 74 valence electrons. The molecule has 4 heteroatoms. The Hall–Kier alpha value is -0.580. The fourth-order valence-corrected chi connectivity index (χ4v) is 1.82. The van der Waals surface area contributed by atoms with Crippen molar-refractivity contribution >= 4 is 17.0 Å². The Labute approximate surface area is 82.6 Å². The SMILES string of the molecule is CCC(CO)NCc1sccc1N. The molecule has 0 spiro atoms. The lowest BCUT2D eigenvalue weighted by molar-refractivity contribution is 0.238. The van der Waals surface area contributed by atoms with Gasteiger partial charge in [0.1, 0.15) is 0 Å². The summed E-state index contributed by atoms with van der Waals surface area (Å²) in [4.78, 5) is 1.15. The van der Waals surface area contributed by atoms with Crippen molar-refractivity contribution < 1.29 is 5.11 Å². The summed E-state index contributed by atoms with van der Waals surface area (Å²) in [5.41, 5.74) is 6.56. The molecule has 0 saturated heterocycles. The number of nitrogens with one attached hydrogen (secondary N) is 1. The molecule has 0 fully saturated rings. The number of nitrogen functional groups attached to an aromatic ring is 1. The van der Waals surface area contributed by atoms with Gasteiger partial charge in [-0.05, 0) is 17.9 Å². The Balaban J connectivity index is 2.38. The summed E-state index contributed by atoms with van der Waals surface area (Å²) in [5.74, 6) is 0. The second-order valence-electron chi connectivity index (χ2n) is 2.97. The zero-order chi connectivity index (χ0) is 9.68. The van der Waals surface area contributed by atoms with Crippen molar-refractivity contribution in [3.63, 3.8) is 0 Å². The highest BCUT2D eigenvalue weighted by atomic mass is 32.1. The largest absolute Gasteiger partial charge is 0.398 e. The minimum atomic E-state index is 0.182. The maximum Gasteiger partial charge on any atom is 0.0584 e. The van der Waals surface area contributed by atoms with Crippen LogP contribution in [0.4, 0.5) is 5.69 Å². The first kappa shape index (κ1) is 10.5. The van der Waals surface area contributed by atoms with Gasteiger partial charge in [0.25, 0.3) is 0 Å². The Bertz CT molecular complexity index is 246. The maximum atomic E-state index is 8.93. The van der Waals surface area contributed by atoms with Crippen LogP contribution in [0.25, 0.3) is 0 Å². The average Bonchev–Trinajstić information content (AvgIpc) is 2.54. The van der Waals surface area contributed by atoms with Crippen molar-refractivity contribution in [1.82, 2.24) is 5.32 Å². The van der Waals surface area contributed by atoms with E-state index in [0.29, 0.717) is 0 Å². The van der Waals surface area contributed by atoms with Crippen LogP contribution >= 0.6 is 11.3 Å². The molecule has 0 bridgehead atoms. The first-order valence-electron chi connectivity index (χ1n) is 4.44. The topological polar surface area (TPSA) is 58.3 Å². The molecule has 0 radical (unpaired) electrons. The minimum absolute atomic E-state index is 0.182. The highest BCUT2D eigenvalue weighted by Gasteiger charge is 2.05. The number of rotatable bonds is 5. The predicted octanol–water partition coefficient (Wildman–Crippen LogP) is 1.19. The van der Waals surface area contributed by atoms with Crippen LogP contribution in [-0.2, 0) is 6.54 Å². The molecule has 0 aliphatic heterocycles. The van der Waals surface area contributed by atoms with Gasteiger partial charge in [-0.1, -0.05) is 6.92 Å². The molecule has 0 aromatic carbocycles. The molecule has 1 unspecified atom stereocenters. The molecule has 1 rings (SSSR count). The summed E-state index contributed by atoms with van der Waals surface area (Å²) in [5, 5.41) is 14.2. The second kappa shape index (κ2) is 5.21. The summed E-state index contributed by atoms with van der Waals surface area (Å²) in [7, 11) is 0. The third-order valence-corrected chi connectivity index (χ3v) is 2.98. The van der Waals surface area contributed by atoms with E-state index in [4.69, 9.17) is 10.8 Å². The Morgan fingerprint density at radius 3 is 2.92 bits per heavy atom. The lowest BCUT2D eigenvalue weighted by atomic mass is 10.2. The zero-order valence-electron chi connectivity index (χ0n) is 7.79. The molecular formula is C9H16N2OS. The number of aliphatic hydroxyl groups is 1. The first-order chi connectivity index (χ1) is 6.27. The van der Waals surface area contributed by atoms with Crippen molar-refractivity contribution in [3.05, 3.63) is 16.3 Å². The average molecular weight is 200 g/mol. The van der Waals surface area contributed by atoms with E-state index in [1.54, 1.807) is 11.3 Å². The molecular weight excluding hydrogens is 184 g/mol. The first-order valence-corrected chi connectivity index (χ1v) is 5.32. The second-order valence-corrected chi connectivity index (χ2v) is 3.97. The van der Waals surface area contributed by atoms with Crippen LogP contribution in [0, 0.1) is 0 Å². The summed E-state index contributed by atoms with van der Waals surface area (Å²) >= 11 is 1.64. The number of nitrogens with two attached hydrogens (primary N) is 1. The Kier molecular flexibility index (Phi) is 4.21. The van der Waals surface area contributed by atoms with E-state index in [1.165, 1.54) is 0 Å². The minimum Gasteiger partial charge on any atom is -0.398 e. The van der Waals surface area contributed by atoms with Gasteiger partial charge >= 0.3 is 0 Å². The third kappa shape index (κ3) is 2.99. The van der Waals surface area contributed by atoms with E-state index in [0.717, 1.165) is 23.5 Å². The van der Waals surface area contributed by atoms with Gasteiger partial charge in [-0.25, -0.2) is 0 Å². The van der Waals surface area contributed by atoms with Crippen LogP contribution in [0.1, 0.15) is 18.2 Å². The van der Waals surface area contributed by atoms with Crippen molar-refractivity contribution in [2.45, 2.75) is 25.9 Å². The highest BCUT2D eigenvalue weighted by Crippen LogP contribution is 2.18. The molecule has 4 N–H and O–H groups in total. The summed E-state index contributed by atoms with van der Waals surface area (Å²) in [6, 6.07) is 2.09. The van der Waals surface area contributed by atoms with Gasteiger partial charge < -0.3 is 16.2 Å². The number of hydrogen-bond donors (Lipinski definition) is 3. The van der Waals surface area contributed by atoms with E-state index in [-0.39, 0.29) is 12.6 Å². The van der Waals surface area contributed by atoms with Crippen LogP contribution in [-0.4, -0.2) is 17.8 Å². The van der Waals surface area contributed by atoms with Gasteiger partial charge in [-0.2, -0.15) is 0 Å². The van der Waals surface area contributed by atoms with E-state index in [2.05, 4.69) is 5.32 Å². The summed E-state index contributed by atoms with van der Waals surface area (Å²) < 4.78 is 0. The summed E-state index contributed by atoms with van der Waals surface area (Å²) in [6.07, 6.45) is 0.932. The van der Waals surface area contributed by atoms with Gasteiger partial charge in [-0.15, -0.1) is 11.3 Å². The molecule has 0 aliphatic carbocycles. The van der Waals surface area contributed by atoms with E-state index in [1.807, 2.05) is 18.4 Å². The van der Waals surface area contributed by atoms with Crippen molar-refractivity contribution in [3.8, 4) is 0 Å². The fraction of sp³-hybridized carbons (Fsp3) is 0.556. The number of anilines is 1. The molecule has 1 heterocycles. The van der Waals surface area contributed by atoms with E-state index in [9.17, 15) is 0 Å². The molecule has 1 aromatic heterocycles. The smallest absolute Gasteiger partial charge is 0.0584 e. The summed E-state index contributed by atoms with van der Waals surface area (Å²) in [6.45, 7) is 2.98. The molecule has 0 saturated carbocycles. The van der Waals surface area contributed by atoms with Gasteiger partial charge in [0.15, 0.2) is 0 Å². The normalized spacial score (nSPS) is 13.1. The molecule has 0 amide bonds.